The summed E-state index contributed by atoms with van der Waals surface area (Å²) in [6, 6.07) is 8.45. The van der Waals surface area contributed by atoms with Crippen LogP contribution >= 0.6 is 0 Å². The van der Waals surface area contributed by atoms with Gasteiger partial charge in [-0.3, -0.25) is 5.10 Å². The maximum Gasteiger partial charge on any atom is 0.126 e. The van der Waals surface area contributed by atoms with E-state index in [0.717, 1.165) is 42.9 Å². The molecule has 0 aliphatic carbocycles. The Kier molecular flexibility index (Phi) is 4.55. The van der Waals surface area contributed by atoms with Crippen molar-refractivity contribution in [1.82, 2.24) is 25.1 Å². The molecule has 2 N–H and O–H groups in total. The average Bonchev–Trinajstić information content (AvgIpc) is 3.29. The second-order valence-electron chi connectivity index (χ2n) is 6.87. The van der Waals surface area contributed by atoms with E-state index in [1.54, 1.807) is 0 Å². The fourth-order valence-electron chi connectivity index (χ4n) is 3.81. The number of nitrogens with zero attached hydrogens (tertiary/aromatic N) is 3. The molecule has 4 rings (SSSR count). The largest absolute Gasteiger partial charge is 0.373 e. The summed E-state index contributed by atoms with van der Waals surface area (Å²) < 4.78 is 8.20. The first-order chi connectivity index (χ1) is 12.2. The fourth-order valence-corrected chi connectivity index (χ4v) is 3.81. The Bertz CT molecular complexity index is 826. The molecule has 3 heterocycles. The van der Waals surface area contributed by atoms with Crippen molar-refractivity contribution >= 4 is 11.0 Å². The third kappa shape index (κ3) is 3.19. The predicted octanol–water partition coefficient (Wildman–Crippen LogP) is 3.11. The molecule has 1 aliphatic rings. The van der Waals surface area contributed by atoms with Crippen molar-refractivity contribution in [1.29, 1.82) is 0 Å². The molecule has 1 aromatic carbocycles. The zero-order chi connectivity index (χ0) is 17.2. The number of imidazole rings is 1. The van der Waals surface area contributed by atoms with Gasteiger partial charge in [0, 0.05) is 37.9 Å². The number of nitrogens with one attached hydrogen (secondary N) is 2. The van der Waals surface area contributed by atoms with Crippen molar-refractivity contribution in [3.05, 3.63) is 48.0 Å². The van der Waals surface area contributed by atoms with E-state index >= 15 is 0 Å². The van der Waals surface area contributed by atoms with Crippen molar-refractivity contribution in [2.75, 3.05) is 13.2 Å². The molecule has 3 atom stereocenters. The average molecular weight is 339 g/mol. The molecule has 0 spiro atoms. The molecule has 0 amide bonds. The van der Waals surface area contributed by atoms with Crippen LogP contribution in [0.1, 0.15) is 43.3 Å². The lowest BCUT2D eigenvalue weighted by Crippen LogP contribution is -2.33. The maximum absolute atomic E-state index is 6.02. The highest BCUT2D eigenvalue weighted by Gasteiger charge is 2.28. The van der Waals surface area contributed by atoms with Gasteiger partial charge in [0.2, 0.25) is 0 Å². The van der Waals surface area contributed by atoms with Gasteiger partial charge in [-0.05, 0) is 31.9 Å². The van der Waals surface area contributed by atoms with Gasteiger partial charge in [0.05, 0.1) is 29.4 Å². The number of aromatic nitrogens is 4. The predicted molar refractivity (Wildman–Crippen MR) is 97.1 cm³/mol. The van der Waals surface area contributed by atoms with Gasteiger partial charge in [-0.1, -0.05) is 12.1 Å². The van der Waals surface area contributed by atoms with Gasteiger partial charge >= 0.3 is 0 Å². The number of rotatable bonds is 5. The van der Waals surface area contributed by atoms with Crippen LogP contribution in [0.3, 0.4) is 0 Å². The molecule has 1 saturated heterocycles. The van der Waals surface area contributed by atoms with E-state index in [-0.39, 0.29) is 12.1 Å². The number of ether oxygens (including phenoxy) is 1. The molecule has 0 bridgehead atoms. The summed E-state index contributed by atoms with van der Waals surface area (Å²) in [7, 11) is 2.08. The number of para-hydroxylation sites is 2. The number of fused-ring (bicyclic) bond motifs is 1. The maximum atomic E-state index is 6.02. The summed E-state index contributed by atoms with van der Waals surface area (Å²) in [5.74, 6) is 1.52. The van der Waals surface area contributed by atoms with Crippen molar-refractivity contribution in [2.45, 2.75) is 31.9 Å². The van der Waals surface area contributed by atoms with Crippen LogP contribution in [0.5, 0.6) is 0 Å². The second-order valence-corrected chi connectivity index (χ2v) is 6.87. The van der Waals surface area contributed by atoms with E-state index in [9.17, 15) is 0 Å². The number of hydrogen-bond donors (Lipinski definition) is 2. The highest BCUT2D eigenvalue weighted by atomic mass is 16.5. The van der Waals surface area contributed by atoms with Crippen LogP contribution in [-0.2, 0) is 11.8 Å². The van der Waals surface area contributed by atoms with Crippen molar-refractivity contribution in [3.8, 4) is 0 Å². The molecule has 2 aromatic heterocycles. The monoisotopic (exact) mass is 339 g/mol. The van der Waals surface area contributed by atoms with Crippen LogP contribution in [-0.4, -0.2) is 32.9 Å². The molecule has 0 saturated carbocycles. The number of benzene rings is 1. The summed E-state index contributed by atoms with van der Waals surface area (Å²) in [5, 5.41) is 10.6. The van der Waals surface area contributed by atoms with Crippen LogP contribution in [0.2, 0.25) is 0 Å². The Morgan fingerprint density at radius 1 is 1.40 bits per heavy atom. The topological polar surface area (TPSA) is 67.8 Å². The van der Waals surface area contributed by atoms with Crippen LogP contribution < -0.4 is 5.32 Å². The molecule has 1 fully saturated rings. The van der Waals surface area contributed by atoms with Gasteiger partial charge < -0.3 is 14.6 Å². The number of aromatic amines is 1. The molecule has 25 heavy (non-hydrogen) atoms. The number of aryl methyl sites for hydroxylation is 1. The second kappa shape index (κ2) is 6.98. The molecule has 3 aromatic rings. The zero-order valence-corrected chi connectivity index (χ0v) is 14.8. The van der Waals surface area contributed by atoms with Crippen LogP contribution in [0.4, 0.5) is 0 Å². The fraction of sp³-hybridized carbons (Fsp3) is 0.474. The smallest absolute Gasteiger partial charge is 0.126 e. The molecule has 0 radical (unpaired) electrons. The van der Waals surface area contributed by atoms with E-state index in [2.05, 4.69) is 52.3 Å². The minimum Gasteiger partial charge on any atom is -0.373 e. The van der Waals surface area contributed by atoms with E-state index < -0.39 is 0 Å². The van der Waals surface area contributed by atoms with Crippen molar-refractivity contribution < 1.29 is 4.74 Å². The molecule has 1 aliphatic heterocycles. The summed E-state index contributed by atoms with van der Waals surface area (Å²) in [4.78, 5) is 4.80. The van der Waals surface area contributed by atoms with Crippen LogP contribution in [0.15, 0.2) is 36.7 Å². The molecule has 1 unspecified atom stereocenters. The van der Waals surface area contributed by atoms with E-state index in [0.29, 0.717) is 5.92 Å². The van der Waals surface area contributed by atoms with E-state index in [1.807, 2.05) is 18.5 Å². The molecular formula is C19H25N5O. The Hall–Kier alpha value is -2.18. The zero-order valence-electron chi connectivity index (χ0n) is 14.8. The Labute approximate surface area is 147 Å². The van der Waals surface area contributed by atoms with Crippen molar-refractivity contribution in [2.24, 2.45) is 13.0 Å². The highest BCUT2D eigenvalue weighted by Crippen LogP contribution is 2.33. The van der Waals surface area contributed by atoms with Crippen LogP contribution in [0, 0.1) is 5.92 Å². The summed E-state index contributed by atoms with van der Waals surface area (Å²) in [6.45, 7) is 3.91. The number of H-pyrrole nitrogens is 1. The molecular weight excluding hydrogens is 314 g/mol. The van der Waals surface area contributed by atoms with Gasteiger partial charge in [0.25, 0.3) is 0 Å². The first-order valence-electron chi connectivity index (χ1n) is 8.99. The van der Waals surface area contributed by atoms with Gasteiger partial charge in [-0.25, -0.2) is 4.98 Å². The normalized spacial score (nSPS) is 22.3. The van der Waals surface area contributed by atoms with Gasteiger partial charge in [-0.15, -0.1) is 0 Å². The highest BCUT2D eigenvalue weighted by molar-refractivity contribution is 5.75. The molecule has 6 heteroatoms. The molecule has 6 nitrogen and oxygen atoms in total. The van der Waals surface area contributed by atoms with Crippen LogP contribution in [0.25, 0.3) is 11.0 Å². The third-order valence-electron chi connectivity index (χ3n) is 5.19. The third-order valence-corrected chi connectivity index (χ3v) is 5.19. The summed E-state index contributed by atoms with van der Waals surface area (Å²) >= 11 is 0. The SMILES string of the molecule is CC(NC[C@@H]1CCCO[C@H]1c1cn[nH]c1)c1nc2ccccc2n1C. The lowest BCUT2D eigenvalue weighted by atomic mass is 9.90. The van der Waals surface area contributed by atoms with Gasteiger partial charge in [-0.2, -0.15) is 5.10 Å². The Balaban J connectivity index is 1.46. The quantitative estimate of drug-likeness (QED) is 0.749. The first-order valence-corrected chi connectivity index (χ1v) is 8.99. The minimum absolute atomic E-state index is 0.118. The standard InChI is InChI=1S/C19H25N5O/c1-13(19-23-16-7-3-4-8-17(16)24(19)2)20-10-14-6-5-9-25-18(14)15-11-21-22-12-15/h3-4,7-8,11-14,18,20H,5-6,9-10H2,1-2H3,(H,21,22)/t13?,14-,18+/m0/s1. The number of hydrogen-bond acceptors (Lipinski definition) is 4. The van der Waals surface area contributed by atoms with Gasteiger partial charge in [0.15, 0.2) is 0 Å². The minimum atomic E-state index is 0.118. The van der Waals surface area contributed by atoms with Crippen molar-refractivity contribution in [3.63, 3.8) is 0 Å². The van der Waals surface area contributed by atoms with E-state index in [1.165, 1.54) is 5.52 Å². The summed E-state index contributed by atoms with van der Waals surface area (Å²) in [6.07, 6.45) is 6.21. The van der Waals surface area contributed by atoms with E-state index in [4.69, 9.17) is 9.72 Å². The lowest BCUT2D eigenvalue weighted by Gasteiger charge is -2.32. The van der Waals surface area contributed by atoms with Gasteiger partial charge in [0.1, 0.15) is 5.82 Å². The summed E-state index contributed by atoms with van der Waals surface area (Å²) in [5.41, 5.74) is 3.36. The lowest BCUT2D eigenvalue weighted by molar-refractivity contribution is -0.0284. The Morgan fingerprint density at radius 3 is 3.08 bits per heavy atom. The Morgan fingerprint density at radius 2 is 2.28 bits per heavy atom. The molecule has 132 valence electrons. The first kappa shape index (κ1) is 16.3.